The fraction of sp³-hybridized carbons (Fsp3) is 0.182. The first-order valence-corrected chi connectivity index (χ1v) is 6.12. The number of halogens is 2. The lowest BCUT2D eigenvalue weighted by Gasteiger charge is -2.10. The number of imidazole rings is 1. The van der Waals surface area contributed by atoms with Gasteiger partial charge in [0.1, 0.15) is 0 Å². The molecule has 0 amide bonds. The summed E-state index contributed by atoms with van der Waals surface area (Å²) in [7, 11) is 0. The second kappa shape index (κ2) is 4.89. The molecule has 0 aliphatic carbocycles. The molecule has 0 unspecified atom stereocenters. The second-order valence-corrected chi connectivity index (χ2v) is 4.42. The van der Waals surface area contributed by atoms with Gasteiger partial charge in [-0.25, -0.2) is 4.98 Å². The van der Waals surface area contributed by atoms with Gasteiger partial charge in [0.25, 0.3) is 0 Å². The van der Waals surface area contributed by atoms with E-state index in [0.717, 1.165) is 22.7 Å². The van der Waals surface area contributed by atoms with E-state index in [2.05, 4.69) is 26.2 Å². The van der Waals surface area contributed by atoms with Gasteiger partial charge in [0.15, 0.2) is 0 Å². The molecule has 0 atom stereocenters. The first-order valence-electron chi connectivity index (χ1n) is 4.95. The van der Waals surface area contributed by atoms with Crippen molar-refractivity contribution < 1.29 is 0 Å². The van der Waals surface area contributed by atoms with Crippen LogP contribution in [-0.2, 0) is 0 Å². The molecule has 16 heavy (non-hydrogen) atoms. The molecule has 1 aromatic heterocycles. The van der Waals surface area contributed by atoms with Crippen LogP contribution in [-0.4, -0.2) is 16.1 Å². The predicted molar refractivity (Wildman–Crippen MR) is 70.4 cm³/mol. The number of aromatic nitrogens is 2. The summed E-state index contributed by atoms with van der Waals surface area (Å²) < 4.78 is 2.83. The van der Waals surface area contributed by atoms with Crippen LogP contribution in [0.3, 0.4) is 0 Å². The van der Waals surface area contributed by atoms with Gasteiger partial charge in [0.05, 0.1) is 15.2 Å². The average molecular weight is 301 g/mol. The van der Waals surface area contributed by atoms with Crippen molar-refractivity contribution in [3.63, 3.8) is 0 Å². The van der Waals surface area contributed by atoms with Crippen molar-refractivity contribution >= 4 is 33.5 Å². The molecule has 0 spiro atoms. The number of rotatable bonds is 3. The van der Waals surface area contributed by atoms with Crippen molar-refractivity contribution in [3.8, 4) is 5.69 Å². The minimum absolute atomic E-state index is 0.689. The number of nitrogens with one attached hydrogen (secondary N) is 1. The fourth-order valence-electron chi connectivity index (χ4n) is 1.47. The van der Waals surface area contributed by atoms with Gasteiger partial charge in [-0.05, 0) is 35.0 Å². The third-order valence-electron chi connectivity index (χ3n) is 2.17. The lowest BCUT2D eigenvalue weighted by atomic mass is 10.3. The van der Waals surface area contributed by atoms with Gasteiger partial charge in [-0.1, -0.05) is 17.7 Å². The van der Waals surface area contributed by atoms with E-state index in [1.165, 1.54) is 0 Å². The van der Waals surface area contributed by atoms with Crippen molar-refractivity contribution in [1.82, 2.24) is 9.55 Å². The van der Waals surface area contributed by atoms with Gasteiger partial charge < -0.3 is 5.32 Å². The molecule has 0 saturated heterocycles. The Morgan fingerprint density at radius 2 is 2.31 bits per heavy atom. The number of hydrogen-bond acceptors (Lipinski definition) is 2. The summed E-state index contributed by atoms with van der Waals surface area (Å²) >= 11 is 9.54. The third-order valence-corrected chi connectivity index (χ3v) is 3.54. The van der Waals surface area contributed by atoms with Crippen LogP contribution in [0.15, 0.2) is 35.1 Å². The SMILES string of the molecule is CCNc1nccn1-c1cccc(Cl)c1Br. The predicted octanol–water partition coefficient (Wildman–Crippen LogP) is 3.72. The Morgan fingerprint density at radius 1 is 1.50 bits per heavy atom. The monoisotopic (exact) mass is 299 g/mol. The van der Waals surface area contributed by atoms with Crippen molar-refractivity contribution in [3.05, 3.63) is 40.1 Å². The summed E-state index contributed by atoms with van der Waals surface area (Å²) in [4.78, 5) is 4.24. The van der Waals surface area contributed by atoms with Crippen LogP contribution in [0.4, 0.5) is 5.95 Å². The zero-order valence-electron chi connectivity index (χ0n) is 8.74. The summed E-state index contributed by atoms with van der Waals surface area (Å²) in [6.07, 6.45) is 3.65. The average Bonchev–Trinajstić information content (AvgIpc) is 2.71. The van der Waals surface area contributed by atoms with Gasteiger partial charge in [0.2, 0.25) is 5.95 Å². The minimum atomic E-state index is 0.689. The summed E-state index contributed by atoms with van der Waals surface area (Å²) in [5.41, 5.74) is 0.973. The van der Waals surface area contributed by atoms with Crippen molar-refractivity contribution in [2.75, 3.05) is 11.9 Å². The standard InChI is InChI=1S/C11H11BrClN3/c1-2-14-11-15-6-7-16(11)9-5-3-4-8(13)10(9)12/h3-7H,2H2,1H3,(H,14,15). The molecule has 0 saturated carbocycles. The highest BCUT2D eigenvalue weighted by Crippen LogP contribution is 2.30. The summed E-state index contributed by atoms with van der Waals surface area (Å²) in [5.74, 6) is 0.811. The number of benzene rings is 1. The molecule has 0 fully saturated rings. The van der Waals surface area contributed by atoms with E-state index in [-0.39, 0.29) is 0 Å². The van der Waals surface area contributed by atoms with E-state index < -0.39 is 0 Å². The third kappa shape index (κ3) is 2.08. The highest BCUT2D eigenvalue weighted by Gasteiger charge is 2.09. The number of hydrogen-bond donors (Lipinski definition) is 1. The first-order chi connectivity index (χ1) is 7.74. The van der Waals surface area contributed by atoms with E-state index in [0.29, 0.717) is 5.02 Å². The van der Waals surface area contributed by atoms with Crippen LogP contribution >= 0.6 is 27.5 Å². The highest BCUT2D eigenvalue weighted by atomic mass is 79.9. The van der Waals surface area contributed by atoms with Crippen molar-refractivity contribution in [2.24, 2.45) is 0 Å². The highest BCUT2D eigenvalue weighted by molar-refractivity contribution is 9.10. The maximum absolute atomic E-state index is 6.06. The van der Waals surface area contributed by atoms with E-state index >= 15 is 0 Å². The van der Waals surface area contributed by atoms with Crippen LogP contribution in [0.25, 0.3) is 5.69 Å². The Hall–Kier alpha value is -1.000. The Balaban J connectivity index is 2.50. The zero-order valence-corrected chi connectivity index (χ0v) is 11.1. The lowest BCUT2D eigenvalue weighted by Crippen LogP contribution is -2.05. The number of anilines is 1. The Bertz CT molecular complexity index is 496. The first kappa shape index (κ1) is 11.5. The minimum Gasteiger partial charge on any atom is -0.356 e. The van der Waals surface area contributed by atoms with Crippen molar-refractivity contribution in [1.29, 1.82) is 0 Å². The molecule has 2 rings (SSSR count). The van der Waals surface area contributed by atoms with Crippen molar-refractivity contribution in [2.45, 2.75) is 6.92 Å². The molecule has 1 heterocycles. The number of nitrogens with zero attached hydrogens (tertiary/aromatic N) is 2. The molecule has 0 radical (unpaired) electrons. The normalized spacial score (nSPS) is 10.4. The molecule has 0 bridgehead atoms. The fourth-order valence-corrected chi connectivity index (χ4v) is 2.09. The van der Waals surface area contributed by atoms with Gasteiger partial charge in [-0.3, -0.25) is 4.57 Å². The van der Waals surface area contributed by atoms with Gasteiger partial charge in [0, 0.05) is 18.9 Å². The molecule has 0 aliphatic heterocycles. The maximum atomic E-state index is 6.06. The Kier molecular flexibility index (Phi) is 3.51. The van der Waals surface area contributed by atoms with Crippen LogP contribution in [0.1, 0.15) is 6.92 Å². The zero-order chi connectivity index (χ0) is 11.5. The van der Waals surface area contributed by atoms with E-state index in [1.807, 2.05) is 35.9 Å². The van der Waals surface area contributed by atoms with Crippen LogP contribution in [0.2, 0.25) is 5.02 Å². The maximum Gasteiger partial charge on any atom is 0.207 e. The molecule has 5 heteroatoms. The largest absolute Gasteiger partial charge is 0.356 e. The van der Waals surface area contributed by atoms with Crippen LogP contribution < -0.4 is 5.32 Å². The molecule has 0 aliphatic rings. The molecular weight excluding hydrogens is 289 g/mol. The van der Waals surface area contributed by atoms with E-state index in [1.54, 1.807) is 6.20 Å². The Labute approximate surface area is 108 Å². The summed E-state index contributed by atoms with van der Waals surface area (Å²) in [6, 6.07) is 5.75. The molecule has 2 aromatic rings. The van der Waals surface area contributed by atoms with E-state index in [9.17, 15) is 0 Å². The van der Waals surface area contributed by atoms with Crippen LogP contribution in [0.5, 0.6) is 0 Å². The summed E-state index contributed by atoms with van der Waals surface area (Å²) in [5, 5.41) is 3.88. The second-order valence-electron chi connectivity index (χ2n) is 3.22. The topological polar surface area (TPSA) is 29.9 Å². The van der Waals surface area contributed by atoms with Crippen LogP contribution in [0, 0.1) is 0 Å². The molecule has 84 valence electrons. The molecule has 1 aromatic carbocycles. The quantitative estimate of drug-likeness (QED) is 0.936. The molecule has 1 N–H and O–H groups in total. The molecular formula is C11H11BrClN3. The van der Waals surface area contributed by atoms with Gasteiger partial charge in [-0.15, -0.1) is 0 Å². The van der Waals surface area contributed by atoms with E-state index in [4.69, 9.17) is 11.6 Å². The van der Waals surface area contributed by atoms with Gasteiger partial charge in [-0.2, -0.15) is 0 Å². The smallest absolute Gasteiger partial charge is 0.207 e. The van der Waals surface area contributed by atoms with Gasteiger partial charge >= 0.3 is 0 Å². The summed E-state index contributed by atoms with van der Waals surface area (Å²) in [6.45, 7) is 2.86. The Morgan fingerprint density at radius 3 is 3.06 bits per heavy atom. The molecule has 3 nitrogen and oxygen atoms in total. The lowest BCUT2D eigenvalue weighted by molar-refractivity contribution is 1.02.